The maximum absolute atomic E-state index is 12.7. The van der Waals surface area contributed by atoms with Gasteiger partial charge >= 0.3 is 0 Å². The molecule has 0 spiro atoms. The zero-order valence-corrected chi connectivity index (χ0v) is 14.7. The Morgan fingerprint density at radius 3 is 2.79 bits per heavy atom. The maximum atomic E-state index is 12.7. The van der Waals surface area contributed by atoms with Gasteiger partial charge in [-0.2, -0.15) is 0 Å². The lowest BCUT2D eigenvalue weighted by Gasteiger charge is -2.37. The van der Waals surface area contributed by atoms with Crippen molar-refractivity contribution in [2.45, 2.75) is 32.1 Å². The van der Waals surface area contributed by atoms with E-state index in [4.69, 9.17) is 0 Å². The summed E-state index contributed by atoms with van der Waals surface area (Å²) >= 11 is 0. The summed E-state index contributed by atoms with van der Waals surface area (Å²) in [7, 11) is 0. The molecule has 2 amide bonds. The number of carbonyl (C=O) groups excluding carboxylic acids is 2. The van der Waals surface area contributed by atoms with Crippen LogP contribution in [-0.2, 0) is 9.59 Å². The Morgan fingerprint density at radius 1 is 1.21 bits per heavy atom. The topological polar surface area (TPSA) is 70.2 Å². The fourth-order valence-electron chi connectivity index (χ4n) is 3.90. The van der Waals surface area contributed by atoms with E-state index in [1.54, 1.807) is 0 Å². The molecule has 132 valence electrons. The van der Waals surface area contributed by atoms with Gasteiger partial charge in [0.05, 0.1) is 5.41 Å². The molecule has 1 heterocycles. The van der Waals surface area contributed by atoms with Crippen molar-refractivity contribution < 1.29 is 9.59 Å². The van der Waals surface area contributed by atoms with Crippen LogP contribution in [0.25, 0.3) is 0 Å². The van der Waals surface area contributed by atoms with Gasteiger partial charge in [0.2, 0.25) is 11.8 Å². The van der Waals surface area contributed by atoms with Crippen molar-refractivity contribution >= 4 is 29.9 Å². The van der Waals surface area contributed by atoms with Crippen molar-refractivity contribution in [2.75, 3.05) is 25.0 Å². The quantitative estimate of drug-likeness (QED) is 0.762. The van der Waals surface area contributed by atoms with Crippen LogP contribution in [0.2, 0.25) is 0 Å². The van der Waals surface area contributed by atoms with Crippen LogP contribution < -0.4 is 16.0 Å². The number of nitrogens with one attached hydrogen (secondary N) is 3. The van der Waals surface area contributed by atoms with Gasteiger partial charge in [0.1, 0.15) is 0 Å². The number of rotatable bonds is 5. The molecule has 5 nitrogen and oxygen atoms in total. The molecule has 1 saturated carbocycles. The summed E-state index contributed by atoms with van der Waals surface area (Å²) in [5.41, 5.74) is 0.545. The van der Waals surface area contributed by atoms with E-state index in [0.717, 1.165) is 38.0 Å². The summed E-state index contributed by atoms with van der Waals surface area (Å²) in [6, 6.07) is 9.38. The summed E-state index contributed by atoms with van der Waals surface area (Å²) in [5, 5.41) is 9.21. The average molecular weight is 352 g/mol. The molecule has 24 heavy (non-hydrogen) atoms. The standard InChI is InChI=1S/C18H25N3O2.ClH/c22-16(21-15-7-2-1-3-8-15)9-11-20-17(23)18-10-5-4-6-14(18)12-19-13-18;/h1-3,7-8,14,19H,4-6,9-13H2,(H,20,23)(H,21,22);1H/t14-,18+;/m0./s1. The Bertz CT molecular complexity index is 567. The van der Waals surface area contributed by atoms with Gasteiger partial charge in [0, 0.05) is 25.2 Å². The third kappa shape index (κ3) is 4.08. The SMILES string of the molecule is Cl.O=C(CCNC(=O)[C@@]12CCCC[C@H]1CNC2)Nc1ccccc1. The number of amides is 2. The van der Waals surface area contributed by atoms with Crippen LogP contribution in [0.5, 0.6) is 0 Å². The van der Waals surface area contributed by atoms with E-state index < -0.39 is 0 Å². The van der Waals surface area contributed by atoms with E-state index in [1.165, 1.54) is 6.42 Å². The van der Waals surface area contributed by atoms with Crippen LogP contribution >= 0.6 is 12.4 Å². The van der Waals surface area contributed by atoms with Crippen molar-refractivity contribution in [3.63, 3.8) is 0 Å². The maximum Gasteiger partial charge on any atom is 0.227 e. The number of fused-ring (bicyclic) bond motifs is 1. The largest absolute Gasteiger partial charge is 0.355 e. The van der Waals surface area contributed by atoms with Crippen LogP contribution in [0.4, 0.5) is 5.69 Å². The fraction of sp³-hybridized carbons (Fsp3) is 0.556. The molecule has 1 aromatic carbocycles. The van der Waals surface area contributed by atoms with Crippen molar-refractivity contribution in [1.29, 1.82) is 0 Å². The monoisotopic (exact) mass is 351 g/mol. The van der Waals surface area contributed by atoms with Gasteiger partial charge in [-0.05, 0) is 37.4 Å². The molecule has 1 saturated heterocycles. The van der Waals surface area contributed by atoms with Crippen molar-refractivity contribution in [1.82, 2.24) is 10.6 Å². The van der Waals surface area contributed by atoms with E-state index in [2.05, 4.69) is 16.0 Å². The first kappa shape index (κ1) is 18.7. The van der Waals surface area contributed by atoms with E-state index in [0.29, 0.717) is 18.9 Å². The molecule has 0 radical (unpaired) electrons. The molecule has 1 aromatic rings. The Labute approximate surface area is 149 Å². The second-order valence-electron chi connectivity index (χ2n) is 6.65. The highest BCUT2D eigenvalue weighted by Gasteiger charge is 2.49. The number of para-hydroxylation sites is 1. The molecule has 2 aliphatic rings. The summed E-state index contributed by atoms with van der Waals surface area (Å²) in [6.07, 6.45) is 4.75. The van der Waals surface area contributed by atoms with Crippen molar-refractivity contribution in [3.8, 4) is 0 Å². The Kier molecular flexibility index (Phi) is 6.63. The lowest BCUT2D eigenvalue weighted by molar-refractivity contribution is -0.134. The fourth-order valence-corrected chi connectivity index (χ4v) is 3.90. The minimum absolute atomic E-state index is 0. The molecule has 1 aliphatic carbocycles. The zero-order chi connectivity index (χ0) is 16.1. The zero-order valence-electron chi connectivity index (χ0n) is 13.8. The number of hydrogen-bond donors (Lipinski definition) is 3. The van der Waals surface area contributed by atoms with E-state index in [-0.39, 0.29) is 29.6 Å². The van der Waals surface area contributed by atoms with Crippen molar-refractivity contribution in [2.24, 2.45) is 11.3 Å². The third-order valence-corrected chi connectivity index (χ3v) is 5.19. The van der Waals surface area contributed by atoms with Gasteiger partial charge in [0.25, 0.3) is 0 Å². The van der Waals surface area contributed by atoms with Gasteiger partial charge < -0.3 is 16.0 Å². The molecule has 3 rings (SSSR count). The first-order valence-electron chi connectivity index (χ1n) is 8.55. The predicted molar refractivity (Wildman–Crippen MR) is 97.2 cm³/mol. The molecule has 0 unspecified atom stereocenters. The molecule has 3 N–H and O–H groups in total. The summed E-state index contributed by atoms with van der Waals surface area (Å²) in [4.78, 5) is 24.6. The number of anilines is 1. The van der Waals surface area contributed by atoms with Crippen LogP contribution in [0.15, 0.2) is 30.3 Å². The predicted octanol–water partition coefficient (Wildman–Crippen LogP) is 2.33. The van der Waals surface area contributed by atoms with Crippen LogP contribution in [0.1, 0.15) is 32.1 Å². The van der Waals surface area contributed by atoms with E-state index in [9.17, 15) is 9.59 Å². The average Bonchev–Trinajstić information content (AvgIpc) is 3.01. The molecule has 0 aromatic heterocycles. The summed E-state index contributed by atoms with van der Waals surface area (Å²) in [5.74, 6) is 0.507. The smallest absolute Gasteiger partial charge is 0.227 e. The van der Waals surface area contributed by atoms with Gasteiger partial charge in [-0.15, -0.1) is 12.4 Å². The Morgan fingerprint density at radius 2 is 2.00 bits per heavy atom. The minimum atomic E-state index is -0.242. The third-order valence-electron chi connectivity index (χ3n) is 5.19. The van der Waals surface area contributed by atoms with Crippen LogP contribution in [0, 0.1) is 11.3 Å². The highest BCUT2D eigenvalue weighted by atomic mass is 35.5. The van der Waals surface area contributed by atoms with E-state index >= 15 is 0 Å². The van der Waals surface area contributed by atoms with Gasteiger partial charge in [0.15, 0.2) is 0 Å². The normalized spacial score (nSPS) is 25.2. The number of carbonyl (C=O) groups is 2. The van der Waals surface area contributed by atoms with E-state index in [1.807, 2.05) is 30.3 Å². The van der Waals surface area contributed by atoms with Crippen LogP contribution in [-0.4, -0.2) is 31.4 Å². The van der Waals surface area contributed by atoms with Crippen LogP contribution in [0.3, 0.4) is 0 Å². The molecule has 0 bridgehead atoms. The molecular weight excluding hydrogens is 326 g/mol. The minimum Gasteiger partial charge on any atom is -0.355 e. The summed E-state index contributed by atoms with van der Waals surface area (Å²) < 4.78 is 0. The summed E-state index contributed by atoms with van der Waals surface area (Å²) in [6.45, 7) is 2.12. The van der Waals surface area contributed by atoms with Gasteiger partial charge in [-0.1, -0.05) is 31.0 Å². The molecule has 2 atom stereocenters. The second kappa shape index (κ2) is 8.49. The number of halogens is 1. The highest BCUT2D eigenvalue weighted by molar-refractivity contribution is 5.91. The molecular formula is C18H26ClN3O2. The lowest BCUT2D eigenvalue weighted by Crippen LogP contribution is -2.48. The van der Waals surface area contributed by atoms with Gasteiger partial charge in [-0.3, -0.25) is 9.59 Å². The number of hydrogen-bond acceptors (Lipinski definition) is 3. The molecule has 2 fully saturated rings. The first-order valence-corrected chi connectivity index (χ1v) is 8.55. The molecule has 6 heteroatoms. The highest BCUT2D eigenvalue weighted by Crippen LogP contribution is 2.43. The Balaban J connectivity index is 0.00000208. The Hall–Kier alpha value is -1.59. The first-order chi connectivity index (χ1) is 11.2. The van der Waals surface area contributed by atoms with Gasteiger partial charge in [-0.25, -0.2) is 0 Å². The van der Waals surface area contributed by atoms with Crippen molar-refractivity contribution in [3.05, 3.63) is 30.3 Å². The second-order valence-corrected chi connectivity index (χ2v) is 6.65. The number of benzene rings is 1. The lowest BCUT2D eigenvalue weighted by atomic mass is 9.67. The molecule has 1 aliphatic heterocycles.